The van der Waals surface area contributed by atoms with Crippen LogP contribution in [0.4, 0.5) is 10.2 Å². The summed E-state index contributed by atoms with van der Waals surface area (Å²) in [6.07, 6.45) is 6.79. The number of terminal acetylenes is 1. The Kier molecular flexibility index (Phi) is 3.84. The summed E-state index contributed by atoms with van der Waals surface area (Å²) in [5.41, 5.74) is -0.228. The minimum Gasteiger partial charge on any atom is -0.478 e. The van der Waals surface area contributed by atoms with Gasteiger partial charge in [-0.05, 0) is 12.5 Å². The highest BCUT2D eigenvalue weighted by atomic mass is 19.1. The molecular weight excluding hydrogens is 211 g/mol. The number of halogens is 1. The van der Waals surface area contributed by atoms with Crippen molar-refractivity contribution in [3.63, 3.8) is 0 Å². The van der Waals surface area contributed by atoms with E-state index in [1.54, 1.807) is 0 Å². The van der Waals surface area contributed by atoms with Crippen molar-refractivity contribution in [3.05, 3.63) is 23.6 Å². The number of carboxylic acid groups (broad SMARTS) is 1. The number of hydrogen-bond donors (Lipinski definition) is 2. The largest absolute Gasteiger partial charge is 0.478 e. The van der Waals surface area contributed by atoms with Crippen LogP contribution in [0.5, 0.6) is 0 Å². The number of nitrogens with one attached hydrogen (secondary N) is 1. The van der Waals surface area contributed by atoms with Crippen LogP contribution in [0.15, 0.2) is 12.3 Å². The average Bonchev–Trinajstić information content (AvgIpc) is 2.27. The molecule has 0 radical (unpaired) electrons. The molecule has 0 fully saturated rings. The molecule has 0 amide bonds. The van der Waals surface area contributed by atoms with E-state index in [-0.39, 0.29) is 17.4 Å². The highest BCUT2D eigenvalue weighted by molar-refractivity contribution is 5.93. The second-order valence-electron chi connectivity index (χ2n) is 3.13. The van der Waals surface area contributed by atoms with Crippen molar-refractivity contribution in [2.45, 2.75) is 19.4 Å². The number of carbonyl (C=O) groups is 1. The van der Waals surface area contributed by atoms with Gasteiger partial charge in [0.15, 0.2) is 0 Å². The van der Waals surface area contributed by atoms with Gasteiger partial charge in [-0.15, -0.1) is 6.42 Å². The van der Waals surface area contributed by atoms with Crippen molar-refractivity contribution >= 4 is 11.8 Å². The van der Waals surface area contributed by atoms with Gasteiger partial charge >= 0.3 is 5.97 Å². The molecule has 1 unspecified atom stereocenters. The monoisotopic (exact) mass is 222 g/mol. The minimum absolute atomic E-state index is 0.0821. The zero-order chi connectivity index (χ0) is 12.1. The fraction of sp³-hybridized carbons (Fsp3) is 0.273. The lowest BCUT2D eigenvalue weighted by atomic mass is 10.2. The predicted octanol–water partition coefficient (Wildman–Crippen LogP) is 1.74. The van der Waals surface area contributed by atoms with Crippen molar-refractivity contribution in [2.24, 2.45) is 0 Å². The summed E-state index contributed by atoms with van der Waals surface area (Å²) in [5.74, 6) is 0.579. The number of pyridine rings is 1. The fourth-order valence-electron chi connectivity index (χ4n) is 1.14. The Hall–Kier alpha value is -2.09. The number of nitrogens with zero attached hydrogens (tertiary/aromatic N) is 1. The molecule has 1 atom stereocenters. The van der Waals surface area contributed by atoms with E-state index in [4.69, 9.17) is 11.5 Å². The third-order valence-electron chi connectivity index (χ3n) is 2.01. The molecule has 1 aromatic heterocycles. The van der Waals surface area contributed by atoms with Crippen molar-refractivity contribution in [1.29, 1.82) is 0 Å². The second-order valence-corrected chi connectivity index (χ2v) is 3.13. The number of aromatic carboxylic acids is 1. The summed E-state index contributed by atoms with van der Waals surface area (Å²) in [5, 5.41) is 11.6. The van der Waals surface area contributed by atoms with Gasteiger partial charge in [-0.2, -0.15) is 0 Å². The first-order valence-corrected chi connectivity index (χ1v) is 4.70. The van der Waals surface area contributed by atoms with E-state index in [2.05, 4.69) is 16.2 Å². The van der Waals surface area contributed by atoms with Gasteiger partial charge in [0.25, 0.3) is 0 Å². The molecular formula is C11H11FN2O2. The average molecular weight is 222 g/mol. The highest BCUT2D eigenvalue weighted by Crippen LogP contribution is 2.15. The van der Waals surface area contributed by atoms with E-state index in [0.29, 0.717) is 6.42 Å². The standard InChI is InChI=1S/C11H11FN2O2/c1-3-8(4-2)14-10-9(11(15)16)5-7(12)6-13-10/h1,5-6,8H,4H2,2H3,(H,13,14)(H,15,16). The molecule has 0 spiro atoms. The molecule has 1 heterocycles. The predicted molar refractivity (Wildman–Crippen MR) is 57.7 cm³/mol. The van der Waals surface area contributed by atoms with Gasteiger partial charge in [-0.3, -0.25) is 0 Å². The maximum absolute atomic E-state index is 12.8. The van der Waals surface area contributed by atoms with Crippen molar-refractivity contribution < 1.29 is 14.3 Å². The van der Waals surface area contributed by atoms with Crippen LogP contribution in [0.3, 0.4) is 0 Å². The first kappa shape index (κ1) is 12.0. The van der Waals surface area contributed by atoms with Crippen LogP contribution in [0.1, 0.15) is 23.7 Å². The lowest BCUT2D eigenvalue weighted by Gasteiger charge is -2.13. The third-order valence-corrected chi connectivity index (χ3v) is 2.01. The summed E-state index contributed by atoms with van der Waals surface area (Å²) in [6.45, 7) is 1.85. The maximum Gasteiger partial charge on any atom is 0.339 e. The normalized spacial score (nSPS) is 11.6. The van der Waals surface area contributed by atoms with E-state index in [9.17, 15) is 9.18 Å². The molecule has 0 bridgehead atoms. The molecule has 84 valence electrons. The summed E-state index contributed by atoms with van der Waals surface area (Å²) in [7, 11) is 0. The van der Waals surface area contributed by atoms with E-state index < -0.39 is 11.8 Å². The van der Waals surface area contributed by atoms with Crippen molar-refractivity contribution in [1.82, 2.24) is 4.98 Å². The van der Waals surface area contributed by atoms with Gasteiger partial charge in [0.05, 0.1) is 12.2 Å². The number of carboxylic acids is 1. The van der Waals surface area contributed by atoms with Crippen LogP contribution in [0, 0.1) is 18.2 Å². The van der Waals surface area contributed by atoms with Crippen molar-refractivity contribution in [3.8, 4) is 12.3 Å². The van der Waals surface area contributed by atoms with Gasteiger partial charge < -0.3 is 10.4 Å². The Labute approximate surface area is 92.5 Å². The molecule has 4 nitrogen and oxygen atoms in total. The van der Waals surface area contributed by atoms with Crippen LogP contribution >= 0.6 is 0 Å². The second kappa shape index (κ2) is 5.12. The van der Waals surface area contributed by atoms with Crippen LogP contribution < -0.4 is 5.32 Å². The lowest BCUT2D eigenvalue weighted by molar-refractivity contribution is 0.0697. The molecule has 0 aliphatic heterocycles. The Morgan fingerprint density at radius 3 is 3.00 bits per heavy atom. The molecule has 16 heavy (non-hydrogen) atoms. The Morgan fingerprint density at radius 1 is 1.81 bits per heavy atom. The molecule has 2 N–H and O–H groups in total. The molecule has 0 saturated carbocycles. The number of aromatic nitrogens is 1. The third kappa shape index (κ3) is 2.70. The summed E-state index contributed by atoms with van der Waals surface area (Å²) >= 11 is 0. The molecule has 0 aromatic carbocycles. The van der Waals surface area contributed by atoms with Crippen LogP contribution in [0.25, 0.3) is 0 Å². The first-order chi connectivity index (χ1) is 7.58. The lowest BCUT2D eigenvalue weighted by Crippen LogP contribution is -2.19. The SMILES string of the molecule is C#CC(CC)Nc1ncc(F)cc1C(=O)O. The Morgan fingerprint density at radius 2 is 2.50 bits per heavy atom. The van der Waals surface area contributed by atoms with Crippen molar-refractivity contribution in [2.75, 3.05) is 5.32 Å². The molecule has 1 rings (SSSR count). The zero-order valence-corrected chi connectivity index (χ0v) is 8.70. The quantitative estimate of drug-likeness (QED) is 0.762. The first-order valence-electron chi connectivity index (χ1n) is 4.70. The minimum atomic E-state index is -1.25. The topological polar surface area (TPSA) is 62.2 Å². The fourth-order valence-corrected chi connectivity index (χ4v) is 1.14. The van der Waals surface area contributed by atoms with Gasteiger partial charge in [0.2, 0.25) is 0 Å². The van der Waals surface area contributed by atoms with E-state index >= 15 is 0 Å². The molecule has 0 aliphatic rings. The van der Waals surface area contributed by atoms with Gasteiger partial charge in [-0.25, -0.2) is 14.2 Å². The number of anilines is 1. The van der Waals surface area contributed by atoms with Gasteiger partial charge in [0, 0.05) is 0 Å². The maximum atomic E-state index is 12.8. The Balaban J connectivity index is 3.04. The highest BCUT2D eigenvalue weighted by Gasteiger charge is 2.14. The molecule has 0 aliphatic carbocycles. The molecule has 0 saturated heterocycles. The summed E-state index contributed by atoms with van der Waals surface area (Å²) < 4.78 is 12.8. The Bertz CT molecular complexity index is 440. The smallest absolute Gasteiger partial charge is 0.339 e. The zero-order valence-electron chi connectivity index (χ0n) is 8.70. The summed E-state index contributed by atoms with van der Waals surface area (Å²) in [4.78, 5) is 14.5. The van der Waals surface area contributed by atoms with E-state index in [1.807, 2.05) is 6.92 Å². The number of hydrogen-bond acceptors (Lipinski definition) is 3. The van der Waals surface area contributed by atoms with Crippen LogP contribution in [-0.2, 0) is 0 Å². The molecule has 1 aromatic rings. The summed E-state index contributed by atoms with van der Waals surface area (Å²) in [6, 6.07) is 0.581. The van der Waals surface area contributed by atoms with E-state index in [0.717, 1.165) is 12.3 Å². The van der Waals surface area contributed by atoms with Crippen LogP contribution in [-0.4, -0.2) is 22.1 Å². The van der Waals surface area contributed by atoms with Gasteiger partial charge in [0.1, 0.15) is 17.2 Å². The van der Waals surface area contributed by atoms with Crippen LogP contribution in [0.2, 0.25) is 0 Å². The van der Waals surface area contributed by atoms with E-state index in [1.165, 1.54) is 0 Å². The van der Waals surface area contributed by atoms with Gasteiger partial charge in [-0.1, -0.05) is 12.8 Å². The number of rotatable bonds is 4. The molecule has 5 heteroatoms.